The first kappa shape index (κ1) is 19.2. The normalized spacial score (nSPS) is 19.2. The molecule has 144 valence electrons. The molecular formula is C20H20F3NO3. The topological polar surface area (TPSA) is 49.8 Å². The smallest absolute Gasteiger partial charge is 0.425 e. The van der Waals surface area contributed by atoms with Crippen LogP contribution in [0.3, 0.4) is 0 Å². The van der Waals surface area contributed by atoms with Crippen molar-refractivity contribution in [1.29, 1.82) is 0 Å². The number of hydrogen-bond acceptors (Lipinski definition) is 3. The van der Waals surface area contributed by atoms with E-state index in [1.54, 1.807) is 32.2 Å². The number of benzene rings is 2. The SMILES string of the molecule is CC(=O)N(C)C(C)COc1ccc2c(c1)C(O)(C(F)(F)F)c1ccccc1-2. The lowest BCUT2D eigenvalue weighted by atomic mass is 9.90. The van der Waals surface area contributed by atoms with Crippen LogP contribution in [-0.4, -0.2) is 41.8 Å². The van der Waals surface area contributed by atoms with E-state index in [1.165, 1.54) is 36.1 Å². The lowest BCUT2D eigenvalue weighted by Crippen LogP contribution is -2.41. The van der Waals surface area contributed by atoms with Crippen LogP contribution in [-0.2, 0) is 10.4 Å². The van der Waals surface area contributed by atoms with Crippen LogP contribution in [0.2, 0.25) is 0 Å². The van der Waals surface area contributed by atoms with Crippen molar-refractivity contribution in [2.75, 3.05) is 13.7 Å². The van der Waals surface area contributed by atoms with Gasteiger partial charge in [0.2, 0.25) is 11.5 Å². The quantitative estimate of drug-likeness (QED) is 0.881. The van der Waals surface area contributed by atoms with Crippen LogP contribution in [0, 0.1) is 0 Å². The Morgan fingerprint density at radius 1 is 1.19 bits per heavy atom. The van der Waals surface area contributed by atoms with Gasteiger partial charge in [0.05, 0.1) is 6.04 Å². The molecule has 0 saturated carbocycles. The second-order valence-corrected chi connectivity index (χ2v) is 6.75. The highest BCUT2D eigenvalue weighted by Crippen LogP contribution is 2.55. The number of rotatable bonds is 4. The second kappa shape index (κ2) is 6.56. The molecular weight excluding hydrogens is 359 g/mol. The third-order valence-corrected chi connectivity index (χ3v) is 5.05. The molecule has 0 aromatic heterocycles. The highest BCUT2D eigenvalue weighted by molar-refractivity contribution is 5.81. The van der Waals surface area contributed by atoms with Crippen LogP contribution in [0.5, 0.6) is 5.75 Å². The van der Waals surface area contributed by atoms with Crippen molar-refractivity contribution in [1.82, 2.24) is 4.90 Å². The summed E-state index contributed by atoms with van der Waals surface area (Å²) in [5.41, 5.74) is -2.84. The molecule has 1 N–H and O–H groups in total. The molecule has 1 aliphatic carbocycles. The predicted molar refractivity (Wildman–Crippen MR) is 94.3 cm³/mol. The molecule has 2 aromatic carbocycles. The first-order valence-corrected chi connectivity index (χ1v) is 8.47. The third kappa shape index (κ3) is 3.06. The summed E-state index contributed by atoms with van der Waals surface area (Å²) in [6, 6.07) is 10.0. The number of carbonyl (C=O) groups is 1. The number of amides is 1. The average molecular weight is 379 g/mol. The number of alkyl halides is 3. The number of halogens is 3. The van der Waals surface area contributed by atoms with Gasteiger partial charge < -0.3 is 14.7 Å². The zero-order valence-corrected chi connectivity index (χ0v) is 15.2. The van der Waals surface area contributed by atoms with Gasteiger partial charge >= 0.3 is 6.18 Å². The fourth-order valence-corrected chi connectivity index (χ4v) is 3.27. The van der Waals surface area contributed by atoms with Crippen molar-refractivity contribution in [2.45, 2.75) is 31.7 Å². The maximum atomic E-state index is 13.8. The molecule has 0 fully saturated rings. The monoisotopic (exact) mass is 379 g/mol. The molecule has 0 heterocycles. The molecule has 4 nitrogen and oxygen atoms in total. The van der Waals surface area contributed by atoms with E-state index >= 15 is 0 Å². The first-order valence-electron chi connectivity index (χ1n) is 8.47. The fourth-order valence-electron chi connectivity index (χ4n) is 3.27. The van der Waals surface area contributed by atoms with Gasteiger partial charge in [0.25, 0.3) is 0 Å². The Bertz CT molecular complexity index is 881. The third-order valence-electron chi connectivity index (χ3n) is 5.05. The average Bonchev–Trinajstić information content (AvgIpc) is 2.89. The minimum Gasteiger partial charge on any atom is -0.491 e. The van der Waals surface area contributed by atoms with Gasteiger partial charge in [-0.2, -0.15) is 13.2 Å². The van der Waals surface area contributed by atoms with Crippen LogP contribution >= 0.6 is 0 Å². The van der Waals surface area contributed by atoms with Gasteiger partial charge in [-0.25, -0.2) is 0 Å². The Morgan fingerprint density at radius 2 is 1.81 bits per heavy atom. The molecule has 3 rings (SSSR count). The summed E-state index contributed by atoms with van der Waals surface area (Å²) in [4.78, 5) is 12.9. The number of aliphatic hydroxyl groups is 1. The summed E-state index contributed by atoms with van der Waals surface area (Å²) in [7, 11) is 1.62. The highest BCUT2D eigenvalue weighted by atomic mass is 19.4. The van der Waals surface area contributed by atoms with Crippen molar-refractivity contribution in [3.8, 4) is 16.9 Å². The Hall–Kier alpha value is -2.54. The lowest BCUT2D eigenvalue weighted by molar-refractivity contribution is -0.246. The van der Waals surface area contributed by atoms with Crippen molar-refractivity contribution in [3.63, 3.8) is 0 Å². The molecule has 0 saturated heterocycles. The van der Waals surface area contributed by atoms with Crippen molar-refractivity contribution < 1.29 is 27.8 Å². The number of ether oxygens (including phenoxy) is 1. The maximum absolute atomic E-state index is 13.8. The number of carbonyl (C=O) groups excluding carboxylic acids is 1. The van der Waals surface area contributed by atoms with E-state index in [9.17, 15) is 23.1 Å². The molecule has 2 atom stereocenters. The van der Waals surface area contributed by atoms with E-state index in [0.29, 0.717) is 11.1 Å². The molecule has 0 radical (unpaired) electrons. The Labute approximate surface area is 155 Å². The van der Waals surface area contributed by atoms with Crippen molar-refractivity contribution in [3.05, 3.63) is 53.6 Å². The van der Waals surface area contributed by atoms with Gasteiger partial charge in [0, 0.05) is 25.1 Å². The molecule has 27 heavy (non-hydrogen) atoms. The summed E-state index contributed by atoms with van der Waals surface area (Å²) in [5, 5.41) is 10.7. The van der Waals surface area contributed by atoms with Gasteiger partial charge in [-0.3, -0.25) is 4.79 Å². The number of nitrogens with zero attached hydrogens (tertiary/aromatic N) is 1. The predicted octanol–water partition coefficient (Wildman–Crippen LogP) is 3.71. The van der Waals surface area contributed by atoms with Gasteiger partial charge in [-0.15, -0.1) is 0 Å². The van der Waals surface area contributed by atoms with E-state index in [-0.39, 0.29) is 35.4 Å². The molecule has 0 bridgehead atoms. The van der Waals surface area contributed by atoms with Crippen molar-refractivity contribution in [2.24, 2.45) is 0 Å². The minimum atomic E-state index is -4.88. The van der Waals surface area contributed by atoms with E-state index in [2.05, 4.69) is 0 Å². The summed E-state index contributed by atoms with van der Waals surface area (Å²) >= 11 is 0. The van der Waals surface area contributed by atoms with E-state index in [4.69, 9.17) is 4.74 Å². The Kier molecular flexibility index (Phi) is 4.67. The molecule has 0 aliphatic heterocycles. The van der Waals surface area contributed by atoms with Crippen LogP contribution in [0.1, 0.15) is 25.0 Å². The Balaban J connectivity index is 1.96. The Morgan fingerprint density at radius 3 is 2.44 bits per heavy atom. The van der Waals surface area contributed by atoms with Gasteiger partial charge in [-0.05, 0) is 30.2 Å². The zero-order valence-electron chi connectivity index (χ0n) is 15.2. The fraction of sp³-hybridized carbons (Fsp3) is 0.350. The maximum Gasteiger partial charge on any atom is 0.425 e. The molecule has 7 heteroatoms. The molecule has 1 aliphatic rings. The molecule has 2 aromatic rings. The van der Waals surface area contributed by atoms with Gasteiger partial charge in [0.1, 0.15) is 12.4 Å². The second-order valence-electron chi connectivity index (χ2n) is 6.75. The zero-order chi connectivity index (χ0) is 20.0. The first-order chi connectivity index (χ1) is 12.6. The van der Waals surface area contributed by atoms with Crippen LogP contribution < -0.4 is 4.74 Å². The van der Waals surface area contributed by atoms with E-state index in [1.807, 2.05) is 0 Å². The number of hydrogen-bond donors (Lipinski definition) is 1. The van der Waals surface area contributed by atoms with Crippen LogP contribution in [0.15, 0.2) is 42.5 Å². The van der Waals surface area contributed by atoms with Crippen molar-refractivity contribution >= 4 is 5.91 Å². The number of likely N-dealkylation sites (N-methyl/N-ethyl adjacent to an activating group) is 1. The van der Waals surface area contributed by atoms with Crippen LogP contribution in [0.4, 0.5) is 13.2 Å². The van der Waals surface area contributed by atoms with E-state index < -0.39 is 11.8 Å². The van der Waals surface area contributed by atoms with Gasteiger partial charge in [0.15, 0.2) is 0 Å². The molecule has 0 spiro atoms. The minimum absolute atomic E-state index is 0.117. The standard InChI is InChI=1S/C20H20F3NO3/c1-12(24(3)13(2)25)11-27-14-8-9-16-15-6-4-5-7-17(15)19(26,18(16)10-14)20(21,22)23/h4-10,12,26H,11H2,1-3H3. The van der Waals surface area contributed by atoms with E-state index in [0.717, 1.165) is 0 Å². The highest BCUT2D eigenvalue weighted by Gasteiger charge is 2.60. The largest absolute Gasteiger partial charge is 0.491 e. The summed E-state index contributed by atoms with van der Waals surface area (Å²) in [6.45, 7) is 3.31. The summed E-state index contributed by atoms with van der Waals surface area (Å²) in [6.07, 6.45) is -4.88. The molecule has 1 amide bonds. The molecule has 2 unspecified atom stereocenters. The summed E-state index contributed by atoms with van der Waals surface area (Å²) < 4.78 is 47.0. The number of fused-ring (bicyclic) bond motifs is 3. The van der Waals surface area contributed by atoms with Crippen LogP contribution in [0.25, 0.3) is 11.1 Å². The summed E-state index contributed by atoms with van der Waals surface area (Å²) in [5.74, 6) is 0.0648. The van der Waals surface area contributed by atoms with Gasteiger partial charge in [-0.1, -0.05) is 30.3 Å². The lowest BCUT2D eigenvalue weighted by Gasteiger charge is -2.28.